The lowest BCUT2D eigenvalue weighted by Gasteiger charge is -2.13. The van der Waals surface area contributed by atoms with Crippen molar-refractivity contribution in [1.29, 1.82) is 0 Å². The summed E-state index contributed by atoms with van der Waals surface area (Å²) in [6, 6.07) is 0. The Morgan fingerprint density at radius 3 is 2.44 bits per heavy atom. The summed E-state index contributed by atoms with van der Waals surface area (Å²) in [5.74, 6) is 1.84. The van der Waals surface area contributed by atoms with Gasteiger partial charge in [0.05, 0.1) is 10.2 Å². The molecule has 1 N–H and O–H groups in total. The van der Waals surface area contributed by atoms with Gasteiger partial charge in [-0.1, -0.05) is 13.3 Å². The van der Waals surface area contributed by atoms with E-state index in [-0.39, 0.29) is 0 Å². The molecule has 1 heterocycles. The number of nitrogens with one attached hydrogen (secondary N) is 1. The van der Waals surface area contributed by atoms with E-state index in [2.05, 4.69) is 64.1 Å². The van der Waals surface area contributed by atoms with Crippen molar-refractivity contribution in [2.24, 2.45) is 0 Å². The van der Waals surface area contributed by atoms with E-state index in [9.17, 15) is 0 Å². The highest BCUT2D eigenvalue weighted by Gasteiger charge is 2.11. The minimum atomic E-state index is 0.869. The van der Waals surface area contributed by atoms with Crippen molar-refractivity contribution in [2.75, 3.05) is 32.5 Å². The molecule has 4 nitrogen and oxygen atoms in total. The quantitative estimate of drug-likeness (QED) is 0.840. The number of likely N-dealkylation sites (N-methyl/N-ethyl adjacent to an activating group) is 1. The summed E-state index contributed by atoms with van der Waals surface area (Å²) < 4.78 is 1.01. The average Bonchev–Trinajstić information content (AvgIpc) is 2.32. The van der Waals surface area contributed by atoms with E-state index in [0.717, 1.165) is 54.2 Å². The number of rotatable bonds is 7. The first-order valence-corrected chi connectivity index (χ1v) is 7.31. The number of nitrogens with zero attached hydrogens (tertiary/aromatic N) is 3. The Morgan fingerprint density at radius 1 is 1.17 bits per heavy atom. The maximum absolute atomic E-state index is 4.65. The van der Waals surface area contributed by atoms with Crippen LogP contribution < -0.4 is 5.32 Å². The first-order chi connectivity index (χ1) is 8.58. The largest absolute Gasteiger partial charge is 0.369 e. The highest BCUT2D eigenvalue weighted by Crippen LogP contribution is 2.24. The van der Waals surface area contributed by atoms with Crippen molar-refractivity contribution in [2.45, 2.75) is 33.1 Å². The Kier molecular flexibility index (Phi) is 6.57. The van der Waals surface area contributed by atoms with Gasteiger partial charge in [0.1, 0.15) is 11.6 Å². The van der Waals surface area contributed by atoms with Gasteiger partial charge in [0, 0.05) is 19.5 Å². The van der Waals surface area contributed by atoms with Crippen molar-refractivity contribution < 1.29 is 0 Å². The summed E-state index contributed by atoms with van der Waals surface area (Å²) in [7, 11) is 4.13. The third-order valence-corrected chi connectivity index (χ3v) is 3.41. The molecule has 0 aliphatic heterocycles. The minimum absolute atomic E-state index is 0.869. The molecule has 1 aromatic heterocycles. The standard InChI is InChI=1S/C13H23BrN4/c1-5-7-10-12(14)13(15-6-2)17-11(16-10)8-9-18(3)4/h5-9H2,1-4H3,(H,15,16,17). The fourth-order valence-corrected chi connectivity index (χ4v) is 2.18. The van der Waals surface area contributed by atoms with Crippen LogP contribution in [0.15, 0.2) is 4.47 Å². The SMILES string of the molecule is CCCc1nc(CCN(C)C)nc(NCC)c1Br. The Balaban J connectivity index is 2.95. The molecule has 0 saturated heterocycles. The van der Waals surface area contributed by atoms with Gasteiger partial charge in [0.15, 0.2) is 0 Å². The van der Waals surface area contributed by atoms with Crippen LogP contribution in [-0.2, 0) is 12.8 Å². The van der Waals surface area contributed by atoms with E-state index in [1.54, 1.807) is 0 Å². The van der Waals surface area contributed by atoms with Gasteiger partial charge in [-0.3, -0.25) is 0 Å². The zero-order valence-corrected chi connectivity index (χ0v) is 13.3. The first-order valence-electron chi connectivity index (χ1n) is 6.52. The Bertz CT molecular complexity index is 352. The number of aromatic nitrogens is 2. The van der Waals surface area contributed by atoms with Crippen molar-refractivity contribution in [1.82, 2.24) is 14.9 Å². The van der Waals surface area contributed by atoms with E-state index in [1.807, 2.05) is 0 Å². The van der Waals surface area contributed by atoms with Gasteiger partial charge >= 0.3 is 0 Å². The molecule has 18 heavy (non-hydrogen) atoms. The molecule has 0 bridgehead atoms. The topological polar surface area (TPSA) is 41.1 Å². The smallest absolute Gasteiger partial charge is 0.144 e. The molecule has 1 rings (SSSR count). The van der Waals surface area contributed by atoms with Crippen LogP contribution in [0.3, 0.4) is 0 Å². The molecule has 1 aromatic rings. The molecule has 0 aliphatic carbocycles. The molecule has 0 saturated carbocycles. The zero-order chi connectivity index (χ0) is 13.5. The summed E-state index contributed by atoms with van der Waals surface area (Å²) in [4.78, 5) is 11.4. The van der Waals surface area contributed by atoms with E-state index >= 15 is 0 Å². The lowest BCUT2D eigenvalue weighted by Crippen LogP contribution is -2.17. The third kappa shape index (κ3) is 4.53. The Hall–Kier alpha value is -0.680. The normalized spacial score (nSPS) is 11.0. The fraction of sp³-hybridized carbons (Fsp3) is 0.692. The molecule has 0 radical (unpaired) electrons. The van der Waals surface area contributed by atoms with Gasteiger partial charge in [-0.2, -0.15) is 0 Å². The van der Waals surface area contributed by atoms with Gasteiger partial charge in [-0.25, -0.2) is 9.97 Å². The average molecular weight is 315 g/mol. The second-order valence-electron chi connectivity index (χ2n) is 4.58. The van der Waals surface area contributed by atoms with Crippen LogP contribution in [0.5, 0.6) is 0 Å². The third-order valence-electron chi connectivity index (χ3n) is 2.58. The van der Waals surface area contributed by atoms with E-state index in [1.165, 1.54) is 0 Å². The molecule has 0 aliphatic rings. The summed E-state index contributed by atoms with van der Waals surface area (Å²) >= 11 is 3.60. The maximum Gasteiger partial charge on any atom is 0.144 e. The predicted octanol–water partition coefficient (Wildman–Crippen LogP) is 2.73. The van der Waals surface area contributed by atoms with E-state index < -0.39 is 0 Å². The lowest BCUT2D eigenvalue weighted by atomic mass is 10.2. The molecule has 0 spiro atoms. The Morgan fingerprint density at radius 2 is 1.89 bits per heavy atom. The minimum Gasteiger partial charge on any atom is -0.369 e. The molecular formula is C13H23BrN4. The first kappa shape index (κ1) is 15.4. The van der Waals surface area contributed by atoms with E-state index in [0.29, 0.717) is 0 Å². The van der Waals surface area contributed by atoms with Gasteiger partial charge in [0.25, 0.3) is 0 Å². The fourth-order valence-electron chi connectivity index (χ4n) is 1.67. The number of hydrogen-bond acceptors (Lipinski definition) is 4. The van der Waals surface area contributed by atoms with Gasteiger partial charge < -0.3 is 10.2 Å². The van der Waals surface area contributed by atoms with Crippen LogP contribution in [0, 0.1) is 0 Å². The molecule has 0 fully saturated rings. The molecule has 0 unspecified atom stereocenters. The molecule has 0 aromatic carbocycles. The second kappa shape index (κ2) is 7.69. The molecule has 0 amide bonds. The zero-order valence-electron chi connectivity index (χ0n) is 11.8. The van der Waals surface area contributed by atoms with Crippen molar-refractivity contribution in [3.8, 4) is 0 Å². The van der Waals surface area contributed by atoms with E-state index in [4.69, 9.17) is 0 Å². The number of hydrogen-bond donors (Lipinski definition) is 1. The van der Waals surface area contributed by atoms with Gasteiger partial charge in [0.2, 0.25) is 0 Å². The molecule has 5 heteroatoms. The van der Waals surface area contributed by atoms with Crippen molar-refractivity contribution in [3.05, 3.63) is 16.0 Å². The predicted molar refractivity (Wildman–Crippen MR) is 80.1 cm³/mol. The second-order valence-corrected chi connectivity index (χ2v) is 5.38. The van der Waals surface area contributed by atoms with Gasteiger partial charge in [-0.05, 0) is 43.4 Å². The van der Waals surface area contributed by atoms with Crippen molar-refractivity contribution >= 4 is 21.7 Å². The summed E-state index contributed by atoms with van der Waals surface area (Å²) in [5, 5.41) is 3.29. The van der Waals surface area contributed by atoms with Crippen LogP contribution in [0.4, 0.5) is 5.82 Å². The molecule has 102 valence electrons. The highest BCUT2D eigenvalue weighted by atomic mass is 79.9. The highest BCUT2D eigenvalue weighted by molar-refractivity contribution is 9.10. The monoisotopic (exact) mass is 314 g/mol. The Labute approximate surface area is 118 Å². The van der Waals surface area contributed by atoms with Crippen LogP contribution >= 0.6 is 15.9 Å². The van der Waals surface area contributed by atoms with Crippen LogP contribution in [-0.4, -0.2) is 42.1 Å². The number of halogens is 1. The molecular weight excluding hydrogens is 292 g/mol. The maximum atomic E-state index is 4.65. The number of anilines is 1. The lowest BCUT2D eigenvalue weighted by molar-refractivity contribution is 0.409. The summed E-state index contributed by atoms with van der Waals surface area (Å²) in [6.45, 7) is 6.08. The van der Waals surface area contributed by atoms with Crippen LogP contribution in [0.2, 0.25) is 0 Å². The van der Waals surface area contributed by atoms with Gasteiger partial charge in [-0.15, -0.1) is 0 Å². The summed E-state index contributed by atoms with van der Waals surface area (Å²) in [6.07, 6.45) is 2.96. The summed E-state index contributed by atoms with van der Waals surface area (Å²) in [5.41, 5.74) is 1.11. The number of aryl methyl sites for hydroxylation is 1. The van der Waals surface area contributed by atoms with Crippen LogP contribution in [0.1, 0.15) is 31.8 Å². The van der Waals surface area contributed by atoms with Crippen molar-refractivity contribution in [3.63, 3.8) is 0 Å². The molecule has 0 atom stereocenters. The van der Waals surface area contributed by atoms with Crippen LogP contribution in [0.25, 0.3) is 0 Å².